The summed E-state index contributed by atoms with van der Waals surface area (Å²) in [6.07, 6.45) is 5.82. The molecule has 1 amide bonds. The number of thioether (sulfide) groups is 1. The third-order valence-electron chi connectivity index (χ3n) is 5.11. The Morgan fingerprint density at radius 1 is 1.37 bits per heavy atom. The van der Waals surface area contributed by atoms with E-state index in [2.05, 4.69) is 11.9 Å². The number of aryl methyl sites for hydroxylation is 2. The number of hydrogen-bond acceptors (Lipinski definition) is 5. The van der Waals surface area contributed by atoms with Crippen LogP contribution in [-0.2, 0) is 24.2 Å². The highest BCUT2D eigenvalue weighted by molar-refractivity contribution is 8.00. The molecule has 1 aromatic carbocycles. The van der Waals surface area contributed by atoms with E-state index in [-0.39, 0.29) is 17.3 Å². The van der Waals surface area contributed by atoms with Crippen molar-refractivity contribution >= 4 is 44.9 Å². The lowest BCUT2D eigenvalue weighted by Crippen LogP contribution is -2.27. The molecule has 0 bridgehead atoms. The number of hydrogen-bond donors (Lipinski definition) is 1. The Labute approximate surface area is 182 Å². The first-order chi connectivity index (χ1) is 14.5. The zero-order valence-corrected chi connectivity index (χ0v) is 18.2. The number of anilines is 1. The number of aromatic nitrogens is 2. The first-order valence-corrected chi connectivity index (χ1v) is 11.6. The number of nitrogens with one attached hydrogen (secondary N) is 1. The Hall–Kier alpha value is -2.45. The predicted octanol–water partition coefficient (Wildman–Crippen LogP) is 4.78. The highest BCUT2D eigenvalue weighted by Gasteiger charge is 2.24. The fourth-order valence-corrected chi connectivity index (χ4v) is 5.81. The summed E-state index contributed by atoms with van der Waals surface area (Å²) in [6, 6.07) is 5.61. The van der Waals surface area contributed by atoms with E-state index in [0.717, 1.165) is 41.5 Å². The Bertz CT molecular complexity index is 1170. The summed E-state index contributed by atoms with van der Waals surface area (Å²) in [5.74, 6) is -0.600. The van der Waals surface area contributed by atoms with Crippen LogP contribution < -0.4 is 10.9 Å². The molecule has 5 nitrogen and oxygen atoms in total. The van der Waals surface area contributed by atoms with E-state index in [1.165, 1.54) is 40.9 Å². The van der Waals surface area contributed by atoms with Gasteiger partial charge in [-0.3, -0.25) is 14.2 Å². The zero-order valence-electron chi connectivity index (χ0n) is 16.6. The third kappa shape index (κ3) is 4.06. The number of benzene rings is 1. The molecule has 0 saturated carbocycles. The fraction of sp³-hybridized carbons (Fsp3) is 0.318. The summed E-state index contributed by atoms with van der Waals surface area (Å²) in [7, 11) is 0. The van der Waals surface area contributed by atoms with Gasteiger partial charge in [0.2, 0.25) is 5.91 Å². The molecular formula is C22H22FN3O2S2. The highest BCUT2D eigenvalue weighted by Crippen LogP contribution is 2.35. The van der Waals surface area contributed by atoms with Gasteiger partial charge in [0, 0.05) is 17.1 Å². The molecule has 4 rings (SSSR count). The standard InChI is InChI=1S/C22H22FN3O2S2/c1-3-12-26-21(28)18-16-6-4-5-7-17(16)30-20(18)25-22(26)29-13(2)19(27)24-15-10-8-14(23)9-11-15/h3,8-11,13H,1,4-7,12H2,2H3,(H,24,27)/t13-/m0/s1. The largest absolute Gasteiger partial charge is 0.325 e. The van der Waals surface area contributed by atoms with Crippen LogP contribution in [0, 0.1) is 5.82 Å². The molecule has 0 spiro atoms. The number of rotatable bonds is 6. The van der Waals surface area contributed by atoms with Gasteiger partial charge in [0.25, 0.3) is 5.56 Å². The molecule has 0 aliphatic heterocycles. The van der Waals surface area contributed by atoms with Gasteiger partial charge in [0.15, 0.2) is 5.16 Å². The predicted molar refractivity (Wildman–Crippen MR) is 121 cm³/mol. The van der Waals surface area contributed by atoms with Crippen molar-refractivity contribution < 1.29 is 9.18 Å². The molecule has 156 valence electrons. The van der Waals surface area contributed by atoms with E-state index in [9.17, 15) is 14.0 Å². The first-order valence-electron chi connectivity index (χ1n) is 9.87. The number of carbonyl (C=O) groups is 1. The van der Waals surface area contributed by atoms with Crippen molar-refractivity contribution in [1.82, 2.24) is 9.55 Å². The van der Waals surface area contributed by atoms with Crippen LogP contribution in [0.25, 0.3) is 10.2 Å². The van der Waals surface area contributed by atoms with Crippen molar-refractivity contribution in [3.63, 3.8) is 0 Å². The Morgan fingerprint density at radius 2 is 2.10 bits per heavy atom. The second-order valence-electron chi connectivity index (χ2n) is 7.25. The smallest absolute Gasteiger partial charge is 0.263 e. The minimum atomic E-state index is -0.495. The number of amides is 1. The number of thiophene rings is 1. The second kappa shape index (κ2) is 8.73. The first kappa shape index (κ1) is 20.8. The molecule has 1 aliphatic rings. The maximum atomic E-state index is 13.3. The molecule has 2 heterocycles. The van der Waals surface area contributed by atoms with Crippen molar-refractivity contribution in [3.05, 3.63) is 63.5 Å². The van der Waals surface area contributed by atoms with Gasteiger partial charge >= 0.3 is 0 Å². The van der Waals surface area contributed by atoms with E-state index in [4.69, 9.17) is 4.98 Å². The normalized spacial score (nSPS) is 14.3. The number of fused-ring (bicyclic) bond motifs is 3. The number of carbonyl (C=O) groups excluding carboxylic acids is 1. The summed E-state index contributed by atoms with van der Waals surface area (Å²) in [6.45, 7) is 5.86. The van der Waals surface area contributed by atoms with Gasteiger partial charge < -0.3 is 5.32 Å². The summed E-state index contributed by atoms with van der Waals surface area (Å²) in [4.78, 5) is 32.7. The van der Waals surface area contributed by atoms with Crippen LogP contribution >= 0.6 is 23.1 Å². The van der Waals surface area contributed by atoms with E-state index < -0.39 is 5.25 Å². The van der Waals surface area contributed by atoms with Gasteiger partial charge in [-0.05, 0) is 62.4 Å². The van der Waals surface area contributed by atoms with Gasteiger partial charge in [-0.1, -0.05) is 17.8 Å². The summed E-state index contributed by atoms with van der Waals surface area (Å²) < 4.78 is 14.7. The van der Waals surface area contributed by atoms with Gasteiger partial charge in [-0.2, -0.15) is 0 Å². The lowest BCUT2D eigenvalue weighted by atomic mass is 9.97. The molecular weight excluding hydrogens is 421 g/mol. The molecule has 0 radical (unpaired) electrons. The SMILES string of the molecule is C=CCn1c(S[C@@H](C)C(=O)Nc2ccc(F)cc2)nc2sc3c(c2c1=O)CCCC3. The van der Waals surface area contributed by atoms with Crippen LogP contribution in [0.1, 0.15) is 30.2 Å². The van der Waals surface area contributed by atoms with Crippen LogP contribution in [-0.4, -0.2) is 20.7 Å². The Kier molecular flexibility index (Phi) is 6.06. The van der Waals surface area contributed by atoms with Crippen molar-refractivity contribution in [3.8, 4) is 0 Å². The molecule has 2 aromatic heterocycles. The molecule has 0 fully saturated rings. The molecule has 1 atom stereocenters. The summed E-state index contributed by atoms with van der Waals surface area (Å²) >= 11 is 2.83. The summed E-state index contributed by atoms with van der Waals surface area (Å²) in [5.41, 5.74) is 1.61. The van der Waals surface area contributed by atoms with Crippen LogP contribution in [0.5, 0.6) is 0 Å². The lowest BCUT2D eigenvalue weighted by molar-refractivity contribution is -0.115. The third-order valence-corrected chi connectivity index (χ3v) is 7.39. The average molecular weight is 444 g/mol. The van der Waals surface area contributed by atoms with Gasteiger partial charge in [0.1, 0.15) is 10.6 Å². The van der Waals surface area contributed by atoms with Crippen LogP contribution in [0.15, 0.2) is 46.9 Å². The molecule has 8 heteroatoms. The molecule has 1 aliphatic carbocycles. The van der Waals surface area contributed by atoms with Gasteiger partial charge in [-0.25, -0.2) is 9.37 Å². The molecule has 0 saturated heterocycles. The molecule has 0 unspecified atom stereocenters. The van der Waals surface area contributed by atoms with E-state index >= 15 is 0 Å². The van der Waals surface area contributed by atoms with Crippen LogP contribution in [0.3, 0.4) is 0 Å². The maximum Gasteiger partial charge on any atom is 0.263 e. The minimum Gasteiger partial charge on any atom is -0.325 e. The lowest BCUT2D eigenvalue weighted by Gasteiger charge is -2.15. The number of allylic oxidation sites excluding steroid dienone is 1. The number of halogens is 1. The molecule has 30 heavy (non-hydrogen) atoms. The Morgan fingerprint density at radius 3 is 2.83 bits per heavy atom. The van der Waals surface area contributed by atoms with E-state index in [1.54, 1.807) is 28.9 Å². The molecule has 1 N–H and O–H groups in total. The average Bonchev–Trinajstić information content (AvgIpc) is 3.11. The van der Waals surface area contributed by atoms with Crippen molar-refractivity contribution in [2.75, 3.05) is 5.32 Å². The minimum absolute atomic E-state index is 0.0621. The van der Waals surface area contributed by atoms with Crippen LogP contribution in [0.4, 0.5) is 10.1 Å². The molecule has 3 aromatic rings. The van der Waals surface area contributed by atoms with E-state index in [1.807, 2.05) is 0 Å². The highest BCUT2D eigenvalue weighted by atomic mass is 32.2. The topological polar surface area (TPSA) is 64.0 Å². The summed E-state index contributed by atoms with van der Waals surface area (Å²) in [5, 5.41) is 3.51. The fourth-order valence-electron chi connectivity index (χ4n) is 3.59. The van der Waals surface area contributed by atoms with Crippen molar-refractivity contribution in [1.29, 1.82) is 0 Å². The quantitative estimate of drug-likeness (QED) is 0.338. The Balaban J connectivity index is 1.64. The van der Waals surface area contributed by atoms with Crippen LogP contribution in [0.2, 0.25) is 0 Å². The van der Waals surface area contributed by atoms with Gasteiger partial charge in [-0.15, -0.1) is 17.9 Å². The number of nitrogens with zero attached hydrogens (tertiary/aromatic N) is 2. The van der Waals surface area contributed by atoms with E-state index in [0.29, 0.717) is 17.4 Å². The van der Waals surface area contributed by atoms with Crippen molar-refractivity contribution in [2.24, 2.45) is 0 Å². The zero-order chi connectivity index (χ0) is 21.3. The van der Waals surface area contributed by atoms with Gasteiger partial charge in [0.05, 0.1) is 10.6 Å². The second-order valence-corrected chi connectivity index (χ2v) is 9.64. The monoisotopic (exact) mass is 443 g/mol. The maximum absolute atomic E-state index is 13.3. The van der Waals surface area contributed by atoms with Crippen molar-refractivity contribution in [2.45, 2.75) is 49.6 Å².